The van der Waals surface area contributed by atoms with E-state index in [0.29, 0.717) is 5.75 Å². The normalized spacial score (nSPS) is 12.4. The molecule has 1 nitrogen and oxygen atoms in total. The fourth-order valence-corrected chi connectivity index (χ4v) is 2.56. The van der Waals surface area contributed by atoms with Crippen LogP contribution in [0.3, 0.4) is 0 Å². The molecule has 1 unspecified atom stereocenters. The van der Waals surface area contributed by atoms with Crippen molar-refractivity contribution in [3.05, 3.63) is 40.5 Å². The fraction of sp³-hybridized carbons (Fsp3) is 0.111. The van der Waals surface area contributed by atoms with E-state index in [1.165, 1.54) is 0 Å². The van der Waals surface area contributed by atoms with Gasteiger partial charge in [-0.3, -0.25) is 4.21 Å². The number of hydrogen-bond donors (Lipinski definition) is 0. The Kier molecular flexibility index (Phi) is 3.94. The van der Waals surface area contributed by atoms with Crippen LogP contribution in [0.25, 0.3) is 0 Å². The summed E-state index contributed by atoms with van der Waals surface area (Å²) in [5.74, 6) is 0.546. The zero-order valence-corrected chi connectivity index (χ0v) is 9.47. The van der Waals surface area contributed by atoms with Crippen molar-refractivity contribution in [2.45, 2.75) is 4.90 Å². The molecule has 64 valence electrons. The average Bonchev–Trinajstić information content (AvgIpc) is 2.05. The molecule has 3 heteroatoms. The highest BCUT2D eigenvalue weighted by Crippen LogP contribution is 2.11. The first-order valence-corrected chi connectivity index (χ1v) is 5.86. The Labute approximate surface area is 88.5 Å². The van der Waals surface area contributed by atoms with Crippen molar-refractivity contribution in [3.63, 3.8) is 0 Å². The SMILES string of the molecule is C=C(I)CS(=O)c1ccccc1. The molecule has 1 atom stereocenters. The van der Waals surface area contributed by atoms with E-state index < -0.39 is 10.8 Å². The second-order valence-corrected chi connectivity index (χ2v) is 5.30. The van der Waals surface area contributed by atoms with Crippen molar-refractivity contribution in [1.82, 2.24) is 0 Å². The van der Waals surface area contributed by atoms with Crippen LogP contribution in [-0.2, 0) is 10.8 Å². The third-order valence-corrected chi connectivity index (χ3v) is 3.60. The van der Waals surface area contributed by atoms with Gasteiger partial charge in [-0.1, -0.05) is 24.8 Å². The number of halogens is 1. The lowest BCUT2D eigenvalue weighted by Crippen LogP contribution is -1.96. The van der Waals surface area contributed by atoms with E-state index >= 15 is 0 Å². The topological polar surface area (TPSA) is 17.1 Å². The lowest BCUT2D eigenvalue weighted by molar-refractivity contribution is 0.685. The second-order valence-electron chi connectivity index (χ2n) is 2.32. The summed E-state index contributed by atoms with van der Waals surface area (Å²) >= 11 is 2.10. The molecular weight excluding hydrogens is 283 g/mol. The lowest BCUT2D eigenvalue weighted by Gasteiger charge is -1.99. The first-order valence-electron chi connectivity index (χ1n) is 3.47. The molecule has 0 bridgehead atoms. The van der Waals surface area contributed by atoms with E-state index in [9.17, 15) is 4.21 Å². The van der Waals surface area contributed by atoms with Gasteiger partial charge in [-0.15, -0.1) is 0 Å². The molecule has 0 aliphatic rings. The van der Waals surface area contributed by atoms with Crippen LogP contribution in [0.15, 0.2) is 45.4 Å². The van der Waals surface area contributed by atoms with Crippen molar-refractivity contribution in [2.75, 3.05) is 5.75 Å². The predicted octanol–water partition coefficient (Wildman–Crippen LogP) is 2.74. The van der Waals surface area contributed by atoms with E-state index in [1.807, 2.05) is 30.3 Å². The van der Waals surface area contributed by atoms with Crippen molar-refractivity contribution in [2.24, 2.45) is 0 Å². The minimum Gasteiger partial charge on any atom is -0.254 e. The van der Waals surface area contributed by atoms with E-state index in [0.717, 1.165) is 8.48 Å². The molecule has 0 aromatic heterocycles. The minimum atomic E-state index is -0.921. The highest BCUT2D eigenvalue weighted by atomic mass is 127. The Morgan fingerprint density at radius 3 is 2.50 bits per heavy atom. The maximum atomic E-state index is 11.5. The molecule has 0 heterocycles. The van der Waals surface area contributed by atoms with Gasteiger partial charge in [0.15, 0.2) is 0 Å². The van der Waals surface area contributed by atoms with Gasteiger partial charge in [0.1, 0.15) is 0 Å². The second kappa shape index (κ2) is 4.77. The van der Waals surface area contributed by atoms with Gasteiger partial charge in [-0.2, -0.15) is 0 Å². The summed E-state index contributed by atoms with van der Waals surface area (Å²) in [6, 6.07) is 9.44. The summed E-state index contributed by atoms with van der Waals surface area (Å²) in [6.07, 6.45) is 0. The van der Waals surface area contributed by atoms with Gasteiger partial charge < -0.3 is 0 Å². The van der Waals surface area contributed by atoms with Crippen LogP contribution in [-0.4, -0.2) is 9.96 Å². The summed E-state index contributed by atoms with van der Waals surface area (Å²) in [4.78, 5) is 0.871. The molecular formula is C9H9IOS. The molecule has 0 fully saturated rings. The average molecular weight is 292 g/mol. The summed E-state index contributed by atoms with van der Waals surface area (Å²) in [7, 11) is -0.921. The van der Waals surface area contributed by atoms with Crippen LogP contribution in [0.1, 0.15) is 0 Å². The van der Waals surface area contributed by atoms with Gasteiger partial charge >= 0.3 is 0 Å². The summed E-state index contributed by atoms with van der Waals surface area (Å²) < 4.78 is 12.4. The predicted molar refractivity (Wildman–Crippen MR) is 60.9 cm³/mol. The van der Waals surface area contributed by atoms with Gasteiger partial charge in [0.2, 0.25) is 0 Å². The van der Waals surface area contributed by atoms with Crippen molar-refractivity contribution >= 4 is 33.4 Å². The summed E-state index contributed by atoms with van der Waals surface area (Å²) in [5, 5.41) is 0. The molecule has 0 saturated heterocycles. The highest BCUT2D eigenvalue weighted by Gasteiger charge is 2.02. The third kappa shape index (κ3) is 3.06. The van der Waals surface area contributed by atoms with Crippen LogP contribution in [0.4, 0.5) is 0 Å². The van der Waals surface area contributed by atoms with Crippen molar-refractivity contribution in [1.29, 1.82) is 0 Å². The monoisotopic (exact) mass is 292 g/mol. The van der Waals surface area contributed by atoms with E-state index in [2.05, 4.69) is 29.2 Å². The molecule has 1 aromatic rings. The lowest BCUT2D eigenvalue weighted by atomic mass is 10.4. The van der Waals surface area contributed by atoms with Crippen LogP contribution >= 0.6 is 22.6 Å². The van der Waals surface area contributed by atoms with Gasteiger partial charge in [0, 0.05) is 4.90 Å². The maximum Gasteiger partial charge on any atom is 0.0584 e. The Morgan fingerprint density at radius 1 is 1.42 bits per heavy atom. The van der Waals surface area contributed by atoms with E-state index in [1.54, 1.807) is 0 Å². The summed E-state index contributed by atoms with van der Waals surface area (Å²) in [6.45, 7) is 3.71. The third-order valence-electron chi connectivity index (χ3n) is 1.29. The fourth-order valence-electron chi connectivity index (χ4n) is 0.798. The molecule has 0 aliphatic heterocycles. The van der Waals surface area contributed by atoms with Crippen LogP contribution in [0, 0.1) is 0 Å². The quantitative estimate of drug-likeness (QED) is 0.783. The molecule has 0 N–H and O–H groups in total. The standard InChI is InChI=1S/C9H9IOS/c1-8(10)7-12(11)9-5-3-2-4-6-9/h2-6H,1,7H2. The Hall–Kier alpha value is -0.160. The molecule has 0 aliphatic carbocycles. The van der Waals surface area contributed by atoms with Gasteiger partial charge in [-0.05, 0) is 38.3 Å². The van der Waals surface area contributed by atoms with E-state index in [4.69, 9.17) is 0 Å². The Bertz CT molecular complexity index is 295. The number of rotatable bonds is 3. The molecule has 1 aromatic carbocycles. The number of hydrogen-bond acceptors (Lipinski definition) is 1. The molecule has 0 spiro atoms. The maximum absolute atomic E-state index is 11.5. The van der Waals surface area contributed by atoms with Crippen molar-refractivity contribution in [3.8, 4) is 0 Å². The summed E-state index contributed by atoms with van der Waals surface area (Å²) in [5.41, 5.74) is 0. The Balaban J connectivity index is 2.73. The van der Waals surface area contributed by atoms with E-state index in [-0.39, 0.29) is 0 Å². The van der Waals surface area contributed by atoms with Crippen LogP contribution in [0.2, 0.25) is 0 Å². The zero-order valence-electron chi connectivity index (χ0n) is 6.50. The minimum absolute atomic E-state index is 0.546. The van der Waals surface area contributed by atoms with Gasteiger partial charge in [0.05, 0.1) is 16.6 Å². The highest BCUT2D eigenvalue weighted by molar-refractivity contribution is 14.1. The first kappa shape index (κ1) is 9.92. The number of benzene rings is 1. The molecule has 0 saturated carbocycles. The molecule has 12 heavy (non-hydrogen) atoms. The first-order chi connectivity index (χ1) is 5.70. The van der Waals surface area contributed by atoms with Gasteiger partial charge in [0.25, 0.3) is 0 Å². The molecule has 0 radical (unpaired) electrons. The van der Waals surface area contributed by atoms with Crippen LogP contribution in [0.5, 0.6) is 0 Å². The van der Waals surface area contributed by atoms with Gasteiger partial charge in [-0.25, -0.2) is 0 Å². The Morgan fingerprint density at radius 2 is 2.00 bits per heavy atom. The van der Waals surface area contributed by atoms with Crippen molar-refractivity contribution < 1.29 is 4.21 Å². The smallest absolute Gasteiger partial charge is 0.0584 e. The molecule has 0 amide bonds. The zero-order chi connectivity index (χ0) is 8.97. The molecule has 1 rings (SSSR count). The van der Waals surface area contributed by atoms with Crippen LogP contribution < -0.4 is 0 Å². The largest absolute Gasteiger partial charge is 0.254 e.